The van der Waals surface area contributed by atoms with Gasteiger partial charge < -0.3 is 16.0 Å². The molecule has 1 saturated carbocycles. The van der Waals surface area contributed by atoms with Crippen LogP contribution in [0.15, 0.2) is 36.4 Å². The zero-order valence-corrected chi connectivity index (χ0v) is 15.1. The average molecular weight is 365 g/mol. The van der Waals surface area contributed by atoms with Gasteiger partial charge >= 0.3 is 0 Å². The van der Waals surface area contributed by atoms with Crippen molar-refractivity contribution in [2.75, 3.05) is 11.9 Å². The molecule has 3 N–H and O–H groups in total. The summed E-state index contributed by atoms with van der Waals surface area (Å²) in [6.45, 7) is 0.643. The van der Waals surface area contributed by atoms with E-state index in [4.69, 9.17) is 0 Å². The molecule has 3 amide bonds. The lowest BCUT2D eigenvalue weighted by atomic mass is 10.0. The van der Waals surface area contributed by atoms with Crippen LogP contribution in [0.25, 0.3) is 10.8 Å². The lowest BCUT2D eigenvalue weighted by molar-refractivity contribution is -0.122. The van der Waals surface area contributed by atoms with Gasteiger partial charge in [-0.05, 0) is 55.0 Å². The first-order valence-electron chi connectivity index (χ1n) is 9.54. The quantitative estimate of drug-likeness (QED) is 0.778. The van der Waals surface area contributed by atoms with E-state index >= 15 is 0 Å². The molecule has 0 unspecified atom stereocenters. The lowest BCUT2D eigenvalue weighted by Crippen LogP contribution is -2.45. The molecule has 0 bridgehead atoms. The Bertz CT molecular complexity index is 905. The van der Waals surface area contributed by atoms with Crippen molar-refractivity contribution in [3.05, 3.63) is 42.0 Å². The van der Waals surface area contributed by atoms with E-state index in [0.717, 1.165) is 36.5 Å². The number of benzene rings is 2. The molecule has 2 fully saturated rings. The van der Waals surface area contributed by atoms with Crippen molar-refractivity contribution in [3.63, 3.8) is 0 Å². The van der Waals surface area contributed by atoms with Crippen LogP contribution in [0.1, 0.15) is 42.5 Å². The van der Waals surface area contributed by atoms with Gasteiger partial charge in [-0.25, -0.2) is 0 Å². The number of hydrogen-bond donors (Lipinski definition) is 3. The first kappa shape index (κ1) is 17.5. The second kappa shape index (κ2) is 7.39. The van der Waals surface area contributed by atoms with Crippen molar-refractivity contribution in [1.29, 1.82) is 0 Å². The fourth-order valence-electron chi connectivity index (χ4n) is 3.42. The molecule has 0 aromatic heterocycles. The summed E-state index contributed by atoms with van der Waals surface area (Å²) in [4.78, 5) is 37.4. The van der Waals surface area contributed by atoms with E-state index < -0.39 is 6.04 Å². The lowest BCUT2D eigenvalue weighted by Gasteiger charge is -2.18. The average Bonchev–Trinajstić information content (AvgIpc) is 3.51. The number of fused-ring (bicyclic) bond motifs is 1. The molecule has 4 rings (SSSR count). The third kappa shape index (κ3) is 3.94. The number of hydrogen-bond acceptors (Lipinski definition) is 3. The van der Waals surface area contributed by atoms with Crippen molar-refractivity contribution in [2.24, 2.45) is 5.92 Å². The Labute approximate surface area is 157 Å². The highest BCUT2D eigenvalue weighted by Crippen LogP contribution is 2.32. The molecule has 2 aromatic rings. The summed E-state index contributed by atoms with van der Waals surface area (Å²) in [6, 6.07) is 10.8. The standard InChI is InChI=1S/C21H23N3O3/c25-19(13-8-9-13)24-18-12-15-6-2-1-5-14(15)11-16(18)20(26)23-17-7-3-4-10-22-21(17)27/h1-2,5-6,11-13,17H,3-4,7-10H2,(H,22,27)(H,23,26)(H,24,25)/t17-/m1/s1. The SMILES string of the molecule is O=C(N[C@@H]1CCCCNC1=O)c1cc2ccccc2cc1NC(=O)C1CC1. The molecule has 2 aromatic carbocycles. The highest BCUT2D eigenvalue weighted by Gasteiger charge is 2.31. The zero-order valence-electron chi connectivity index (χ0n) is 15.1. The maximum atomic E-state index is 13.0. The van der Waals surface area contributed by atoms with Gasteiger partial charge in [-0.3, -0.25) is 14.4 Å². The smallest absolute Gasteiger partial charge is 0.254 e. The van der Waals surface area contributed by atoms with E-state index in [-0.39, 0.29) is 23.6 Å². The van der Waals surface area contributed by atoms with Crippen molar-refractivity contribution in [2.45, 2.75) is 38.1 Å². The molecule has 6 nitrogen and oxygen atoms in total. The van der Waals surface area contributed by atoms with E-state index in [0.29, 0.717) is 24.2 Å². The number of carbonyl (C=O) groups is 3. The van der Waals surface area contributed by atoms with Crippen LogP contribution >= 0.6 is 0 Å². The summed E-state index contributed by atoms with van der Waals surface area (Å²) in [6.07, 6.45) is 4.20. The van der Waals surface area contributed by atoms with Gasteiger partial charge in [-0.1, -0.05) is 24.3 Å². The van der Waals surface area contributed by atoms with E-state index in [1.165, 1.54) is 0 Å². The predicted octanol–water partition coefficient (Wildman–Crippen LogP) is 2.59. The van der Waals surface area contributed by atoms with Crippen LogP contribution in [0.5, 0.6) is 0 Å². The Morgan fingerprint density at radius 1 is 1.00 bits per heavy atom. The van der Waals surface area contributed by atoms with Crippen LogP contribution in [0.4, 0.5) is 5.69 Å². The largest absolute Gasteiger partial charge is 0.354 e. The zero-order chi connectivity index (χ0) is 18.8. The molecule has 0 radical (unpaired) electrons. The Hall–Kier alpha value is -2.89. The Morgan fingerprint density at radius 2 is 1.74 bits per heavy atom. The maximum Gasteiger partial charge on any atom is 0.254 e. The molecule has 6 heteroatoms. The minimum absolute atomic E-state index is 0.0417. The molecule has 140 valence electrons. The third-order valence-electron chi connectivity index (χ3n) is 5.18. The van der Waals surface area contributed by atoms with Gasteiger partial charge in [0.25, 0.3) is 5.91 Å². The highest BCUT2D eigenvalue weighted by atomic mass is 16.2. The monoisotopic (exact) mass is 365 g/mol. The predicted molar refractivity (Wildman–Crippen MR) is 103 cm³/mol. The van der Waals surface area contributed by atoms with E-state index in [2.05, 4.69) is 16.0 Å². The Kier molecular flexibility index (Phi) is 4.79. The molecule has 0 spiro atoms. The van der Waals surface area contributed by atoms with Crippen molar-refractivity contribution in [3.8, 4) is 0 Å². The van der Waals surface area contributed by atoms with Gasteiger partial charge in [0.05, 0.1) is 11.3 Å². The molecule has 2 aliphatic rings. The number of carbonyl (C=O) groups excluding carboxylic acids is 3. The van der Waals surface area contributed by atoms with Crippen molar-refractivity contribution < 1.29 is 14.4 Å². The second-order valence-corrected chi connectivity index (χ2v) is 7.32. The van der Waals surface area contributed by atoms with Crippen LogP contribution in [0, 0.1) is 5.92 Å². The number of nitrogens with one attached hydrogen (secondary N) is 3. The molecule has 1 atom stereocenters. The summed E-state index contributed by atoms with van der Waals surface area (Å²) < 4.78 is 0. The normalized spacial score (nSPS) is 19.9. The second-order valence-electron chi connectivity index (χ2n) is 7.32. The molecular formula is C21H23N3O3. The van der Waals surface area contributed by atoms with E-state index in [9.17, 15) is 14.4 Å². The van der Waals surface area contributed by atoms with Crippen LogP contribution < -0.4 is 16.0 Å². The van der Waals surface area contributed by atoms with Gasteiger partial charge in [0.15, 0.2) is 0 Å². The van der Waals surface area contributed by atoms with Crippen LogP contribution in [0.3, 0.4) is 0 Å². The van der Waals surface area contributed by atoms with Crippen molar-refractivity contribution in [1.82, 2.24) is 10.6 Å². The van der Waals surface area contributed by atoms with Gasteiger partial charge in [0.1, 0.15) is 6.04 Å². The summed E-state index contributed by atoms with van der Waals surface area (Å²) in [5, 5.41) is 10.4. The number of amides is 3. The first-order chi connectivity index (χ1) is 13.1. The Balaban J connectivity index is 1.64. The molecule has 1 saturated heterocycles. The molecule has 27 heavy (non-hydrogen) atoms. The topological polar surface area (TPSA) is 87.3 Å². The molecule has 1 aliphatic carbocycles. The van der Waals surface area contributed by atoms with E-state index in [1.54, 1.807) is 6.07 Å². The highest BCUT2D eigenvalue weighted by molar-refractivity contribution is 6.09. The maximum absolute atomic E-state index is 13.0. The number of rotatable bonds is 4. The van der Waals surface area contributed by atoms with Crippen LogP contribution in [-0.2, 0) is 9.59 Å². The summed E-state index contributed by atoms with van der Waals surface area (Å²) in [7, 11) is 0. The van der Waals surface area contributed by atoms with Crippen LogP contribution in [0.2, 0.25) is 0 Å². The van der Waals surface area contributed by atoms with Gasteiger partial charge in [-0.15, -0.1) is 0 Å². The summed E-state index contributed by atoms with van der Waals surface area (Å²) in [5.74, 6) is -0.495. The fourth-order valence-corrected chi connectivity index (χ4v) is 3.42. The summed E-state index contributed by atoms with van der Waals surface area (Å²) in [5.41, 5.74) is 0.886. The fraction of sp³-hybridized carbons (Fsp3) is 0.381. The van der Waals surface area contributed by atoms with Crippen molar-refractivity contribution >= 4 is 34.2 Å². The first-order valence-corrected chi connectivity index (χ1v) is 9.54. The van der Waals surface area contributed by atoms with Crippen LogP contribution in [-0.4, -0.2) is 30.3 Å². The summed E-state index contributed by atoms with van der Waals surface area (Å²) >= 11 is 0. The molecular weight excluding hydrogens is 342 g/mol. The third-order valence-corrected chi connectivity index (χ3v) is 5.18. The molecule has 1 heterocycles. The Morgan fingerprint density at radius 3 is 2.48 bits per heavy atom. The molecule has 1 aliphatic heterocycles. The minimum Gasteiger partial charge on any atom is -0.354 e. The number of anilines is 1. The van der Waals surface area contributed by atoms with Gasteiger partial charge in [0, 0.05) is 12.5 Å². The van der Waals surface area contributed by atoms with E-state index in [1.807, 2.05) is 30.3 Å². The minimum atomic E-state index is -0.543. The van der Waals surface area contributed by atoms with Gasteiger partial charge in [-0.2, -0.15) is 0 Å². The van der Waals surface area contributed by atoms with Gasteiger partial charge in [0.2, 0.25) is 11.8 Å².